The minimum Gasteiger partial charge on any atom is -0.494 e. The Morgan fingerprint density at radius 2 is 2.00 bits per heavy atom. The highest BCUT2D eigenvalue weighted by Gasteiger charge is 2.46. The largest absolute Gasteiger partial charge is 0.494 e. The van der Waals surface area contributed by atoms with E-state index in [1.54, 1.807) is 25.1 Å². The predicted molar refractivity (Wildman–Crippen MR) is 175 cm³/mol. The van der Waals surface area contributed by atoms with E-state index in [0.29, 0.717) is 79.3 Å². The Kier molecular flexibility index (Phi) is 7.86. The number of rotatable bonds is 8. The van der Waals surface area contributed by atoms with Gasteiger partial charge in [-0.1, -0.05) is 17.7 Å². The van der Waals surface area contributed by atoms with Gasteiger partial charge in [-0.05, 0) is 55.3 Å². The van der Waals surface area contributed by atoms with Crippen molar-refractivity contribution in [2.75, 3.05) is 44.9 Å². The molecule has 13 heteroatoms. The molecule has 4 aliphatic heterocycles. The minimum atomic E-state index is -1.36. The van der Waals surface area contributed by atoms with Crippen LogP contribution in [0.2, 0.25) is 5.02 Å². The second-order valence-electron chi connectivity index (χ2n) is 12.8. The lowest BCUT2D eigenvalue weighted by molar-refractivity contribution is -0.0705. The van der Waals surface area contributed by atoms with Crippen LogP contribution in [-0.2, 0) is 28.4 Å². The number of ether oxygens (including phenoxy) is 5. The summed E-state index contributed by atoms with van der Waals surface area (Å²) < 4.78 is 47.5. The van der Waals surface area contributed by atoms with E-state index in [0.717, 1.165) is 24.4 Å². The Morgan fingerprint density at radius 3 is 2.77 bits per heavy atom. The molecule has 0 aliphatic carbocycles. The molecule has 0 unspecified atom stereocenters. The highest BCUT2D eigenvalue weighted by molar-refractivity contribution is 6.30. The molecule has 1 N–H and O–H groups in total. The zero-order chi connectivity index (χ0) is 33.2. The molecule has 252 valence electrons. The molecule has 48 heavy (non-hydrogen) atoms. The molecular formula is C35H36ClFN4O7. The first-order valence-electron chi connectivity index (χ1n) is 16.2. The van der Waals surface area contributed by atoms with Gasteiger partial charge in [-0.15, -0.1) is 0 Å². The van der Waals surface area contributed by atoms with Crippen LogP contribution in [0, 0.1) is 5.82 Å². The fourth-order valence-corrected chi connectivity index (χ4v) is 7.72. The van der Waals surface area contributed by atoms with E-state index in [-0.39, 0.29) is 29.3 Å². The predicted octanol–water partition coefficient (Wildman–Crippen LogP) is 5.45. The number of carboxylic acids is 1. The topological polar surface area (TPSA) is 108 Å². The van der Waals surface area contributed by atoms with Gasteiger partial charge in [-0.3, -0.25) is 4.90 Å². The maximum absolute atomic E-state index is 15.0. The van der Waals surface area contributed by atoms with Gasteiger partial charge in [0.1, 0.15) is 22.9 Å². The minimum absolute atomic E-state index is 0.0112. The first-order chi connectivity index (χ1) is 23.2. The zero-order valence-electron chi connectivity index (χ0n) is 26.7. The van der Waals surface area contributed by atoms with Crippen LogP contribution in [-0.4, -0.2) is 83.7 Å². The van der Waals surface area contributed by atoms with Crippen molar-refractivity contribution in [3.05, 3.63) is 76.3 Å². The van der Waals surface area contributed by atoms with Crippen molar-refractivity contribution in [2.24, 2.45) is 0 Å². The molecule has 11 nitrogen and oxygen atoms in total. The number of aromatic nitrogens is 2. The van der Waals surface area contributed by atoms with Crippen LogP contribution in [0.25, 0.3) is 11.0 Å². The number of para-hydroxylation sites is 1. The standard InChI is InChI=1S/C35H36ClFN4O7/c1-35(23-9-8-21(36)15-24(23)37)47-29-7-3-6-25(33(29)48-35)40-11-10-39(27-18-45-19-28(27)40)17-31-38-32-26(41(31)16-22-5-4-12-46-22)13-20(34(42)43)14-30(32)44-2/h3,6-9,13-15,22,27-28H,4-5,10-12,16-19H2,1-2H3,(H,42,43)/t22-,27-,28+,35-/m0/s1. The van der Waals surface area contributed by atoms with Gasteiger partial charge in [0.05, 0.1) is 73.9 Å². The fraction of sp³-hybridized carbons (Fsp3) is 0.429. The van der Waals surface area contributed by atoms with E-state index in [1.165, 1.54) is 19.2 Å². The summed E-state index contributed by atoms with van der Waals surface area (Å²) in [6, 6.07) is 13.5. The van der Waals surface area contributed by atoms with Crippen LogP contribution in [0.15, 0.2) is 48.5 Å². The van der Waals surface area contributed by atoms with E-state index in [2.05, 4.69) is 14.4 Å². The first-order valence-corrected chi connectivity index (χ1v) is 16.6. The lowest BCUT2D eigenvalue weighted by Crippen LogP contribution is -2.59. The maximum atomic E-state index is 15.0. The van der Waals surface area contributed by atoms with Crippen LogP contribution in [0.4, 0.5) is 10.1 Å². The smallest absolute Gasteiger partial charge is 0.335 e. The average molecular weight is 679 g/mol. The van der Waals surface area contributed by atoms with E-state index in [1.807, 2.05) is 18.2 Å². The lowest BCUT2D eigenvalue weighted by Gasteiger charge is -2.44. The number of carbonyl (C=O) groups is 1. The third-order valence-electron chi connectivity index (χ3n) is 9.93. The summed E-state index contributed by atoms with van der Waals surface area (Å²) in [5.41, 5.74) is 2.62. The van der Waals surface area contributed by atoms with Crippen molar-refractivity contribution in [3.8, 4) is 17.2 Å². The fourth-order valence-electron chi connectivity index (χ4n) is 7.56. The summed E-state index contributed by atoms with van der Waals surface area (Å²) >= 11 is 6.02. The number of anilines is 1. The molecule has 8 rings (SSSR count). The SMILES string of the molecule is COc1cc(C(=O)O)cc2c1nc(CN1CCN(c3cccc4c3O[C@@](C)(c3ccc(Cl)cc3F)O4)[C@@H]3COC[C@@H]31)n2C[C@@H]1CCCO1. The monoisotopic (exact) mass is 678 g/mol. The average Bonchev–Trinajstić information content (AvgIpc) is 3.87. The van der Waals surface area contributed by atoms with Crippen LogP contribution >= 0.6 is 11.6 Å². The summed E-state index contributed by atoms with van der Waals surface area (Å²) in [5.74, 6) is -0.533. The second-order valence-corrected chi connectivity index (χ2v) is 13.3. The van der Waals surface area contributed by atoms with Crippen LogP contribution in [0.3, 0.4) is 0 Å². The lowest BCUT2D eigenvalue weighted by atomic mass is 10.0. The molecule has 4 atom stereocenters. The Balaban J connectivity index is 1.09. The molecule has 1 aromatic heterocycles. The summed E-state index contributed by atoms with van der Waals surface area (Å²) in [7, 11) is 1.53. The van der Waals surface area contributed by atoms with Crippen molar-refractivity contribution in [2.45, 2.75) is 56.8 Å². The normalized spacial score (nSPS) is 25.2. The molecule has 0 saturated carbocycles. The van der Waals surface area contributed by atoms with Gasteiger partial charge in [0, 0.05) is 31.6 Å². The van der Waals surface area contributed by atoms with E-state index in [9.17, 15) is 9.90 Å². The Hall–Kier alpha value is -4.10. The van der Waals surface area contributed by atoms with Gasteiger partial charge < -0.3 is 38.3 Å². The highest BCUT2D eigenvalue weighted by Crippen LogP contribution is 2.51. The number of hydrogen-bond acceptors (Lipinski definition) is 9. The number of aromatic carboxylic acids is 1. The van der Waals surface area contributed by atoms with Crippen LogP contribution in [0.5, 0.6) is 17.2 Å². The van der Waals surface area contributed by atoms with Crippen LogP contribution in [0.1, 0.15) is 41.5 Å². The number of halogens is 2. The molecule has 0 spiro atoms. The molecule has 0 bridgehead atoms. The second kappa shape index (κ2) is 12.1. The number of hydrogen-bond donors (Lipinski definition) is 1. The summed E-state index contributed by atoms with van der Waals surface area (Å²) in [5, 5.41) is 10.1. The third-order valence-corrected chi connectivity index (χ3v) is 10.2. The summed E-state index contributed by atoms with van der Waals surface area (Å²) in [6.07, 6.45) is 1.95. The van der Waals surface area contributed by atoms with Gasteiger partial charge in [0.15, 0.2) is 11.5 Å². The molecule has 0 radical (unpaired) electrons. The Bertz CT molecular complexity index is 1900. The zero-order valence-corrected chi connectivity index (χ0v) is 27.4. The first kappa shape index (κ1) is 31.2. The molecule has 3 fully saturated rings. The van der Waals surface area contributed by atoms with Crippen molar-refractivity contribution < 1.29 is 38.0 Å². The van der Waals surface area contributed by atoms with Gasteiger partial charge in [0.2, 0.25) is 0 Å². The summed E-state index contributed by atoms with van der Waals surface area (Å²) in [6.45, 7) is 5.98. The van der Waals surface area contributed by atoms with Crippen molar-refractivity contribution >= 4 is 34.3 Å². The quantitative estimate of drug-likeness (QED) is 0.259. The van der Waals surface area contributed by atoms with Crippen LogP contribution < -0.4 is 19.1 Å². The highest BCUT2D eigenvalue weighted by atomic mass is 35.5. The molecule has 3 saturated heterocycles. The number of imidazole rings is 1. The number of methoxy groups -OCH3 is 1. The van der Waals surface area contributed by atoms with Crippen molar-refractivity contribution in [3.63, 3.8) is 0 Å². The van der Waals surface area contributed by atoms with E-state index >= 15 is 4.39 Å². The Morgan fingerprint density at radius 1 is 1.15 bits per heavy atom. The van der Waals surface area contributed by atoms with E-state index in [4.69, 9.17) is 40.3 Å². The number of piperazine rings is 1. The number of benzene rings is 3. The number of fused-ring (bicyclic) bond motifs is 3. The third kappa shape index (κ3) is 5.31. The molecular weight excluding hydrogens is 643 g/mol. The molecule has 5 heterocycles. The van der Waals surface area contributed by atoms with E-state index < -0.39 is 17.6 Å². The molecule has 4 aliphatic rings. The van der Waals surface area contributed by atoms with Gasteiger partial charge in [0.25, 0.3) is 5.79 Å². The van der Waals surface area contributed by atoms with Gasteiger partial charge in [-0.25, -0.2) is 14.2 Å². The molecule has 3 aromatic carbocycles. The summed E-state index contributed by atoms with van der Waals surface area (Å²) in [4.78, 5) is 21.7. The van der Waals surface area contributed by atoms with Gasteiger partial charge >= 0.3 is 5.97 Å². The number of carboxylic acid groups (broad SMARTS) is 1. The van der Waals surface area contributed by atoms with Crippen molar-refractivity contribution in [1.82, 2.24) is 14.5 Å². The molecule has 4 aromatic rings. The molecule has 0 amide bonds. The maximum Gasteiger partial charge on any atom is 0.335 e. The van der Waals surface area contributed by atoms with Gasteiger partial charge in [-0.2, -0.15) is 0 Å². The van der Waals surface area contributed by atoms with Crippen molar-refractivity contribution in [1.29, 1.82) is 0 Å². The Labute approximate surface area is 281 Å². The number of nitrogens with zero attached hydrogens (tertiary/aromatic N) is 4.